The highest BCUT2D eigenvalue weighted by Crippen LogP contribution is 2.26. The van der Waals surface area contributed by atoms with Gasteiger partial charge in [0.15, 0.2) is 0 Å². The molecule has 1 aromatic carbocycles. The van der Waals surface area contributed by atoms with Gasteiger partial charge in [-0.05, 0) is 19.1 Å². The van der Waals surface area contributed by atoms with Gasteiger partial charge in [0.25, 0.3) is 0 Å². The zero-order valence-corrected chi connectivity index (χ0v) is 10.1. The van der Waals surface area contributed by atoms with Gasteiger partial charge >= 0.3 is 6.01 Å². The lowest BCUT2D eigenvalue weighted by molar-refractivity contribution is 0.548. The number of halogens is 2. The van der Waals surface area contributed by atoms with Crippen molar-refractivity contribution in [1.29, 1.82) is 0 Å². The van der Waals surface area contributed by atoms with E-state index < -0.39 is 0 Å². The van der Waals surface area contributed by atoms with Crippen molar-refractivity contribution in [2.75, 3.05) is 11.4 Å². The van der Waals surface area contributed by atoms with Crippen LogP contribution in [0.25, 0.3) is 0 Å². The van der Waals surface area contributed by atoms with E-state index in [2.05, 4.69) is 4.98 Å². The molecule has 2 rings (SSSR count). The van der Waals surface area contributed by atoms with E-state index in [4.69, 9.17) is 16.0 Å². The van der Waals surface area contributed by atoms with E-state index in [9.17, 15) is 4.39 Å². The molecule has 3 nitrogen and oxygen atoms in total. The number of benzene rings is 1. The smallest absolute Gasteiger partial charge is 0.302 e. The third kappa shape index (κ3) is 2.42. The second kappa shape index (κ2) is 5.19. The van der Waals surface area contributed by atoms with Crippen molar-refractivity contribution in [3.63, 3.8) is 0 Å². The van der Waals surface area contributed by atoms with Crippen LogP contribution in [0.3, 0.4) is 0 Å². The number of rotatable bonds is 4. The van der Waals surface area contributed by atoms with E-state index in [0.717, 1.165) is 0 Å². The molecule has 0 saturated heterocycles. The Labute approximate surface area is 104 Å². The Morgan fingerprint density at radius 3 is 2.76 bits per heavy atom. The molecular weight excluding hydrogens is 243 g/mol. The number of oxazole rings is 1. The Balaban J connectivity index is 2.36. The largest absolute Gasteiger partial charge is 0.431 e. The van der Waals surface area contributed by atoms with Gasteiger partial charge in [-0.25, -0.2) is 4.39 Å². The molecule has 1 aromatic heterocycles. The lowest BCUT2D eigenvalue weighted by Crippen LogP contribution is -2.17. The van der Waals surface area contributed by atoms with E-state index in [1.807, 2.05) is 6.92 Å². The molecule has 0 unspecified atom stereocenters. The molecule has 0 amide bonds. The molecule has 0 atom stereocenters. The summed E-state index contributed by atoms with van der Waals surface area (Å²) in [6.07, 6.45) is 1.48. The molecule has 0 aliphatic rings. The van der Waals surface area contributed by atoms with Crippen LogP contribution in [0, 0.1) is 5.82 Å². The second-order valence-corrected chi connectivity index (χ2v) is 3.72. The molecule has 5 heteroatoms. The fourth-order valence-corrected chi connectivity index (χ4v) is 1.68. The zero-order valence-electron chi connectivity index (χ0n) is 9.36. The Kier molecular flexibility index (Phi) is 3.64. The first-order valence-electron chi connectivity index (χ1n) is 5.28. The standard InChI is InChI=1S/C12H12ClFN2O/c1-2-16(11-6-4-3-5-10(11)14)12-15-9(7-13)8-17-12/h3-6,8H,2,7H2,1H3. The van der Waals surface area contributed by atoms with Crippen molar-refractivity contribution in [3.8, 4) is 0 Å². The SMILES string of the molecule is CCN(c1nc(CCl)co1)c1ccccc1F. The van der Waals surface area contributed by atoms with Crippen molar-refractivity contribution >= 4 is 23.3 Å². The normalized spacial score (nSPS) is 10.5. The third-order valence-electron chi connectivity index (χ3n) is 2.37. The van der Waals surface area contributed by atoms with Crippen LogP contribution in [-0.2, 0) is 5.88 Å². The molecular formula is C12H12ClFN2O. The number of aromatic nitrogens is 1. The van der Waals surface area contributed by atoms with Crippen molar-refractivity contribution in [1.82, 2.24) is 4.98 Å². The maximum Gasteiger partial charge on any atom is 0.302 e. The first-order chi connectivity index (χ1) is 8.26. The minimum Gasteiger partial charge on any atom is -0.431 e. The number of para-hydroxylation sites is 1. The van der Waals surface area contributed by atoms with Gasteiger partial charge in [-0.1, -0.05) is 12.1 Å². The second-order valence-electron chi connectivity index (χ2n) is 3.45. The molecule has 0 spiro atoms. The Hall–Kier alpha value is -1.55. The van der Waals surface area contributed by atoms with E-state index in [-0.39, 0.29) is 11.7 Å². The van der Waals surface area contributed by atoms with Crippen LogP contribution in [0.4, 0.5) is 16.1 Å². The predicted octanol–water partition coefficient (Wildman–Crippen LogP) is 3.71. The van der Waals surface area contributed by atoms with Crippen LogP contribution in [0.15, 0.2) is 34.9 Å². The maximum absolute atomic E-state index is 13.7. The topological polar surface area (TPSA) is 29.3 Å². The van der Waals surface area contributed by atoms with E-state index in [0.29, 0.717) is 23.9 Å². The molecule has 0 fully saturated rings. The van der Waals surface area contributed by atoms with Crippen molar-refractivity contribution in [3.05, 3.63) is 42.0 Å². The molecule has 1 heterocycles. The average molecular weight is 255 g/mol. The van der Waals surface area contributed by atoms with Gasteiger partial charge in [-0.15, -0.1) is 11.6 Å². The zero-order chi connectivity index (χ0) is 12.3. The summed E-state index contributed by atoms with van der Waals surface area (Å²) in [6, 6.07) is 6.86. The predicted molar refractivity (Wildman–Crippen MR) is 65.1 cm³/mol. The van der Waals surface area contributed by atoms with Crippen molar-refractivity contribution < 1.29 is 8.81 Å². The van der Waals surface area contributed by atoms with Gasteiger partial charge in [0.05, 0.1) is 17.3 Å². The van der Waals surface area contributed by atoms with E-state index >= 15 is 0 Å². The molecule has 0 N–H and O–H groups in total. The van der Waals surface area contributed by atoms with Crippen LogP contribution in [0.1, 0.15) is 12.6 Å². The van der Waals surface area contributed by atoms with E-state index in [1.54, 1.807) is 23.1 Å². The molecule has 17 heavy (non-hydrogen) atoms. The van der Waals surface area contributed by atoms with Crippen LogP contribution in [0.2, 0.25) is 0 Å². The maximum atomic E-state index is 13.7. The molecule has 2 aromatic rings. The number of alkyl halides is 1. The van der Waals surface area contributed by atoms with Gasteiger partial charge in [-0.2, -0.15) is 4.98 Å². The van der Waals surface area contributed by atoms with Crippen LogP contribution >= 0.6 is 11.6 Å². The third-order valence-corrected chi connectivity index (χ3v) is 2.64. The molecule has 0 radical (unpaired) electrons. The van der Waals surface area contributed by atoms with Gasteiger partial charge in [-0.3, -0.25) is 4.90 Å². The summed E-state index contributed by atoms with van der Waals surface area (Å²) < 4.78 is 18.9. The fraction of sp³-hybridized carbons (Fsp3) is 0.250. The highest BCUT2D eigenvalue weighted by Gasteiger charge is 2.16. The minimum atomic E-state index is -0.306. The van der Waals surface area contributed by atoms with Crippen LogP contribution in [-0.4, -0.2) is 11.5 Å². The summed E-state index contributed by atoms with van der Waals surface area (Å²) in [5.74, 6) is -0.0295. The minimum absolute atomic E-state index is 0.276. The summed E-state index contributed by atoms with van der Waals surface area (Å²) in [5, 5.41) is 0. The summed E-state index contributed by atoms with van der Waals surface area (Å²) in [4.78, 5) is 5.84. The summed E-state index contributed by atoms with van der Waals surface area (Å²) in [7, 11) is 0. The number of hydrogen-bond donors (Lipinski definition) is 0. The van der Waals surface area contributed by atoms with Crippen molar-refractivity contribution in [2.24, 2.45) is 0 Å². The van der Waals surface area contributed by atoms with E-state index in [1.165, 1.54) is 12.3 Å². The van der Waals surface area contributed by atoms with Gasteiger partial charge in [0.2, 0.25) is 0 Å². The Bertz CT molecular complexity index is 501. The van der Waals surface area contributed by atoms with Gasteiger partial charge < -0.3 is 4.42 Å². The van der Waals surface area contributed by atoms with Crippen molar-refractivity contribution in [2.45, 2.75) is 12.8 Å². The van der Waals surface area contributed by atoms with Crippen LogP contribution < -0.4 is 4.90 Å². The highest BCUT2D eigenvalue weighted by atomic mass is 35.5. The first-order valence-corrected chi connectivity index (χ1v) is 5.82. The quantitative estimate of drug-likeness (QED) is 0.779. The lowest BCUT2D eigenvalue weighted by Gasteiger charge is -2.18. The molecule has 0 bridgehead atoms. The number of nitrogens with zero attached hydrogens (tertiary/aromatic N) is 2. The molecule has 0 aliphatic carbocycles. The highest BCUT2D eigenvalue weighted by molar-refractivity contribution is 6.16. The summed E-state index contributed by atoms with van der Waals surface area (Å²) >= 11 is 5.65. The van der Waals surface area contributed by atoms with Gasteiger partial charge in [0.1, 0.15) is 12.1 Å². The Morgan fingerprint density at radius 2 is 2.18 bits per heavy atom. The number of anilines is 2. The fourth-order valence-electron chi connectivity index (χ4n) is 1.56. The first kappa shape index (κ1) is 11.9. The Morgan fingerprint density at radius 1 is 1.41 bits per heavy atom. The lowest BCUT2D eigenvalue weighted by atomic mass is 10.3. The number of hydrogen-bond acceptors (Lipinski definition) is 3. The molecule has 0 aliphatic heterocycles. The van der Waals surface area contributed by atoms with Gasteiger partial charge in [0, 0.05) is 6.54 Å². The summed E-state index contributed by atoms with van der Waals surface area (Å²) in [5.41, 5.74) is 1.08. The molecule has 0 saturated carbocycles. The monoisotopic (exact) mass is 254 g/mol. The average Bonchev–Trinajstić information content (AvgIpc) is 2.81. The summed E-state index contributed by atoms with van der Waals surface area (Å²) in [6.45, 7) is 2.46. The van der Waals surface area contributed by atoms with Crippen LogP contribution in [0.5, 0.6) is 0 Å². The molecule has 90 valence electrons.